The van der Waals surface area contributed by atoms with Gasteiger partial charge in [-0.1, -0.05) is 18.5 Å². The normalized spacial score (nSPS) is 25.4. The first kappa shape index (κ1) is 13.3. The molecule has 2 atom stereocenters. The van der Waals surface area contributed by atoms with Gasteiger partial charge in [0, 0.05) is 24.0 Å². The largest absolute Gasteiger partial charge is 0.313 e. The van der Waals surface area contributed by atoms with Gasteiger partial charge in [0.05, 0.1) is 4.34 Å². The molecule has 0 aromatic carbocycles. The average Bonchev–Trinajstić information content (AvgIpc) is 2.63. The molecule has 2 heterocycles. The van der Waals surface area contributed by atoms with Crippen LogP contribution in [-0.4, -0.2) is 31.1 Å². The maximum absolute atomic E-state index is 5.94. The van der Waals surface area contributed by atoms with Crippen LogP contribution >= 0.6 is 22.9 Å². The molecule has 96 valence electrons. The molecular weight excluding hydrogens is 252 g/mol. The van der Waals surface area contributed by atoms with Crippen LogP contribution in [0, 0.1) is 5.92 Å². The summed E-state index contributed by atoms with van der Waals surface area (Å²) in [6.45, 7) is 5.65. The highest BCUT2D eigenvalue weighted by atomic mass is 35.5. The first-order valence-corrected chi connectivity index (χ1v) is 7.49. The Morgan fingerprint density at radius 3 is 3.00 bits per heavy atom. The summed E-state index contributed by atoms with van der Waals surface area (Å²) >= 11 is 7.62. The lowest BCUT2D eigenvalue weighted by Crippen LogP contribution is -2.44. The summed E-state index contributed by atoms with van der Waals surface area (Å²) in [6, 6.07) is 4.76. The van der Waals surface area contributed by atoms with Gasteiger partial charge in [0.2, 0.25) is 0 Å². The minimum Gasteiger partial charge on any atom is -0.313 e. The molecular formula is C13H21ClN2S. The molecule has 1 aliphatic rings. The summed E-state index contributed by atoms with van der Waals surface area (Å²) in [5.41, 5.74) is 0. The highest BCUT2D eigenvalue weighted by Crippen LogP contribution is 2.23. The summed E-state index contributed by atoms with van der Waals surface area (Å²) in [4.78, 5) is 3.74. The quantitative estimate of drug-likeness (QED) is 0.905. The third-order valence-electron chi connectivity index (χ3n) is 3.34. The van der Waals surface area contributed by atoms with Crippen molar-refractivity contribution < 1.29 is 0 Å². The maximum atomic E-state index is 5.94. The molecule has 1 N–H and O–H groups in total. The maximum Gasteiger partial charge on any atom is 0.0931 e. The lowest BCUT2D eigenvalue weighted by molar-refractivity contribution is 0.231. The summed E-state index contributed by atoms with van der Waals surface area (Å²) in [5.74, 6) is 0.867. The van der Waals surface area contributed by atoms with E-state index in [9.17, 15) is 0 Å². The van der Waals surface area contributed by atoms with Gasteiger partial charge in [-0.25, -0.2) is 0 Å². The first-order chi connectivity index (χ1) is 8.13. The molecule has 2 unspecified atom stereocenters. The van der Waals surface area contributed by atoms with Gasteiger partial charge >= 0.3 is 0 Å². The second-order valence-electron chi connectivity index (χ2n) is 5.18. The van der Waals surface area contributed by atoms with Crippen LogP contribution in [0.5, 0.6) is 0 Å². The first-order valence-electron chi connectivity index (χ1n) is 6.29. The lowest BCUT2D eigenvalue weighted by atomic mass is 9.94. The van der Waals surface area contributed by atoms with Gasteiger partial charge in [0.15, 0.2) is 0 Å². The minimum atomic E-state index is 0.652. The fourth-order valence-corrected chi connectivity index (χ4v) is 3.67. The van der Waals surface area contributed by atoms with E-state index in [1.807, 2.05) is 6.07 Å². The van der Waals surface area contributed by atoms with E-state index in [1.54, 1.807) is 11.3 Å². The van der Waals surface area contributed by atoms with Crippen LogP contribution in [0.1, 0.15) is 24.6 Å². The van der Waals surface area contributed by atoms with Crippen LogP contribution in [0.4, 0.5) is 0 Å². The topological polar surface area (TPSA) is 15.3 Å². The van der Waals surface area contributed by atoms with E-state index >= 15 is 0 Å². The number of nitrogens with one attached hydrogen (secondary N) is 1. The van der Waals surface area contributed by atoms with E-state index in [0.29, 0.717) is 6.04 Å². The molecule has 0 aliphatic carbocycles. The summed E-state index contributed by atoms with van der Waals surface area (Å²) < 4.78 is 0.887. The third kappa shape index (κ3) is 4.25. The number of nitrogens with zero attached hydrogens (tertiary/aromatic N) is 1. The molecule has 0 amide bonds. The van der Waals surface area contributed by atoms with Crippen molar-refractivity contribution in [2.75, 3.05) is 20.1 Å². The fourth-order valence-electron chi connectivity index (χ4n) is 2.50. The van der Waals surface area contributed by atoms with E-state index in [-0.39, 0.29) is 0 Å². The summed E-state index contributed by atoms with van der Waals surface area (Å²) in [7, 11) is 2.19. The number of hydrogen-bond acceptors (Lipinski definition) is 3. The number of halogens is 1. The second kappa shape index (κ2) is 6.19. The molecule has 2 rings (SSSR count). The van der Waals surface area contributed by atoms with Crippen LogP contribution in [0.2, 0.25) is 4.34 Å². The fraction of sp³-hybridized carbons (Fsp3) is 0.692. The Kier molecular flexibility index (Phi) is 4.86. The van der Waals surface area contributed by atoms with Crippen molar-refractivity contribution in [2.45, 2.75) is 32.4 Å². The number of likely N-dealkylation sites (N-methyl/N-ethyl adjacent to an activating group) is 1. The standard InChI is InChI=1S/C13H21ClN2S/c1-10-5-6-15-11(7-10)8-16(2)9-12-3-4-13(14)17-12/h3-4,10-11,15H,5-9H2,1-2H3. The van der Waals surface area contributed by atoms with E-state index in [2.05, 4.69) is 30.3 Å². The van der Waals surface area contributed by atoms with Gasteiger partial charge in [-0.05, 0) is 44.5 Å². The Hall–Kier alpha value is -0.0900. The van der Waals surface area contributed by atoms with E-state index in [0.717, 1.165) is 23.3 Å². The van der Waals surface area contributed by atoms with Crippen LogP contribution in [0.3, 0.4) is 0 Å². The summed E-state index contributed by atoms with van der Waals surface area (Å²) in [6.07, 6.45) is 2.62. The molecule has 0 bridgehead atoms. The van der Waals surface area contributed by atoms with Gasteiger partial charge in [-0.3, -0.25) is 4.90 Å². The Labute approximate surface area is 113 Å². The Morgan fingerprint density at radius 1 is 1.53 bits per heavy atom. The molecule has 1 fully saturated rings. The van der Waals surface area contributed by atoms with E-state index in [1.165, 1.54) is 24.3 Å². The lowest BCUT2D eigenvalue weighted by Gasteiger charge is -2.31. The predicted molar refractivity (Wildman–Crippen MR) is 75.9 cm³/mol. The molecule has 1 saturated heterocycles. The zero-order valence-electron chi connectivity index (χ0n) is 10.6. The van der Waals surface area contributed by atoms with Crippen molar-refractivity contribution in [2.24, 2.45) is 5.92 Å². The van der Waals surface area contributed by atoms with Gasteiger partial charge in [0.25, 0.3) is 0 Å². The van der Waals surface area contributed by atoms with Crippen LogP contribution in [0.25, 0.3) is 0 Å². The molecule has 0 radical (unpaired) electrons. The smallest absolute Gasteiger partial charge is 0.0931 e. The zero-order valence-corrected chi connectivity index (χ0v) is 12.2. The number of thiophene rings is 1. The van der Waals surface area contributed by atoms with E-state index in [4.69, 9.17) is 11.6 Å². The highest BCUT2D eigenvalue weighted by Gasteiger charge is 2.19. The van der Waals surface area contributed by atoms with Crippen LogP contribution < -0.4 is 5.32 Å². The molecule has 0 spiro atoms. The molecule has 2 nitrogen and oxygen atoms in total. The molecule has 0 saturated carbocycles. The van der Waals surface area contributed by atoms with Gasteiger partial charge < -0.3 is 5.32 Å². The van der Waals surface area contributed by atoms with Crippen molar-refractivity contribution in [3.8, 4) is 0 Å². The van der Waals surface area contributed by atoms with Crippen molar-refractivity contribution in [3.05, 3.63) is 21.3 Å². The van der Waals surface area contributed by atoms with Crippen molar-refractivity contribution in [1.82, 2.24) is 10.2 Å². The molecule has 1 aromatic rings. The van der Waals surface area contributed by atoms with Gasteiger partial charge in [0.1, 0.15) is 0 Å². The Morgan fingerprint density at radius 2 is 2.35 bits per heavy atom. The second-order valence-corrected chi connectivity index (χ2v) is 6.98. The summed E-state index contributed by atoms with van der Waals surface area (Å²) in [5, 5.41) is 3.61. The predicted octanol–water partition coefficient (Wildman–Crippen LogP) is 3.22. The van der Waals surface area contributed by atoms with Crippen molar-refractivity contribution >= 4 is 22.9 Å². The average molecular weight is 273 g/mol. The zero-order chi connectivity index (χ0) is 12.3. The molecule has 1 aliphatic heterocycles. The Bertz CT molecular complexity index is 353. The van der Waals surface area contributed by atoms with Crippen molar-refractivity contribution in [3.63, 3.8) is 0 Å². The van der Waals surface area contributed by atoms with Gasteiger partial charge in [-0.15, -0.1) is 11.3 Å². The number of rotatable bonds is 4. The Balaban J connectivity index is 1.78. The van der Waals surface area contributed by atoms with E-state index < -0.39 is 0 Å². The van der Waals surface area contributed by atoms with Crippen molar-refractivity contribution in [1.29, 1.82) is 0 Å². The molecule has 17 heavy (non-hydrogen) atoms. The molecule has 1 aromatic heterocycles. The van der Waals surface area contributed by atoms with Gasteiger partial charge in [-0.2, -0.15) is 0 Å². The minimum absolute atomic E-state index is 0.652. The number of piperidine rings is 1. The molecule has 4 heteroatoms. The van der Waals surface area contributed by atoms with Crippen LogP contribution in [0.15, 0.2) is 12.1 Å². The van der Waals surface area contributed by atoms with Crippen LogP contribution in [-0.2, 0) is 6.54 Å². The number of hydrogen-bond donors (Lipinski definition) is 1. The highest BCUT2D eigenvalue weighted by molar-refractivity contribution is 7.16. The third-order valence-corrected chi connectivity index (χ3v) is 4.56. The monoisotopic (exact) mass is 272 g/mol. The SMILES string of the molecule is CC1CCNC(CN(C)Cc2ccc(Cl)s2)C1.